The van der Waals surface area contributed by atoms with Gasteiger partial charge in [0, 0.05) is 0 Å². The molecule has 5 rings (SSSR count). The van der Waals surface area contributed by atoms with Gasteiger partial charge in [0.2, 0.25) is 0 Å². The highest BCUT2D eigenvalue weighted by Gasteiger charge is 2.64. The Labute approximate surface area is 120 Å². The van der Waals surface area contributed by atoms with E-state index in [2.05, 4.69) is 37.3 Å². The van der Waals surface area contributed by atoms with Crippen molar-refractivity contribution in [2.45, 2.75) is 44.4 Å². The van der Waals surface area contributed by atoms with Crippen LogP contribution in [0.5, 0.6) is 0 Å². The number of hydrogen-bond acceptors (Lipinski definition) is 1. The van der Waals surface area contributed by atoms with Crippen LogP contribution in [0, 0.1) is 23.2 Å². The molecule has 4 saturated carbocycles. The molecule has 0 aromatic heterocycles. The van der Waals surface area contributed by atoms with Crippen molar-refractivity contribution in [3.8, 4) is 0 Å². The van der Waals surface area contributed by atoms with Crippen LogP contribution in [0.15, 0.2) is 30.3 Å². The molecule has 4 fully saturated rings. The van der Waals surface area contributed by atoms with Crippen LogP contribution in [0.3, 0.4) is 0 Å². The third kappa shape index (κ3) is 1.43. The molecule has 0 spiro atoms. The molecule has 4 bridgehead atoms. The maximum atomic E-state index is 12.0. The second-order valence-corrected chi connectivity index (χ2v) is 7.55. The summed E-state index contributed by atoms with van der Waals surface area (Å²) < 4.78 is 0. The number of hydrogen-bond donors (Lipinski definition) is 1. The van der Waals surface area contributed by atoms with Gasteiger partial charge in [-0.2, -0.15) is 0 Å². The maximum Gasteiger partial charge on any atom is 0.309 e. The summed E-state index contributed by atoms with van der Waals surface area (Å²) >= 11 is 0. The molecule has 20 heavy (non-hydrogen) atoms. The van der Waals surface area contributed by atoms with Crippen molar-refractivity contribution < 1.29 is 9.90 Å². The number of aliphatic carboxylic acids is 1. The normalized spacial score (nSPS) is 45.5. The second kappa shape index (κ2) is 3.87. The molecule has 1 aromatic carbocycles. The molecular formula is C18H22O2. The summed E-state index contributed by atoms with van der Waals surface area (Å²) in [6.45, 7) is 2.19. The average molecular weight is 270 g/mol. The lowest BCUT2D eigenvalue weighted by atomic mass is 9.40. The minimum absolute atomic E-state index is 0.137. The van der Waals surface area contributed by atoms with Crippen molar-refractivity contribution >= 4 is 5.97 Å². The first kappa shape index (κ1) is 12.4. The van der Waals surface area contributed by atoms with E-state index in [9.17, 15) is 9.90 Å². The zero-order chi connectivity index (χ0) is 14.0. The average Bonchev–Trinajstić information content (AvgIpc) is 2.44. The van der Waals surface area contributed by atoms with E-state index in [1.165, 1.54) is 24.8 Å². The summed E-state index contributed by atoms with van der Waals surface area (Å²) in [7, 11) is 0. The van der Waals surface area contributed by atoms with Crippen LogP contribution in [0.4, 0.5) is 0 Å². The molecule has 0 amide bonds. The Morgan fingerprint density at radius 1 is 1.20 bits per heavy atom. The van der Waals surface area contributed by atoms with Crippen LogP contribution in [0.2, 0.25) is 0 Å². The molecule has 0 saturated heterocycles. The van der Waals surface area contributed by atoms with Crippen molar-refractivity contribution in [1.29, 1.82) is 0 Å². The first-order valence-electron chi connectivity index (χ1n) is 7.85. The van der Waals surface area contributed by atoms with E-state index < -0.39 is 11.4 Å². The fourth-order valence-electron chi connectivity index (χ4n) is 5.89. The topological polar surface area (TPSA) is 37.3 Å². The maximum absolute atomic E-state index is 12.0. The molecule has 0 radical (unpaired) electrons. The zero-order valence-corrected chi connectivity index (χ0v) is 12.0. The van der Waals surface area contributed by atoms with Crippen LogP contribution < -0.4 is 0 Å². The third-order valence-corrected chi connectivity index (χ3v) is 6.67. The number of carbonyl (C=O) groups is 1. The lowest BCUT2D eigenvalue weighted by Gasteiger charge is -2.63. The summed E-state index contributed by atoms with van der Waals surface area (Å²) in [4.78, 5) is 12.0. The number of rotatable bonds is 2. The minimum Gasteiger partial charge on any atom is -0.481 e. The Morgan fingerprint density at radius 2 is 1.95 bits per heavy atom. The van der Waals surface area contributed by atoms with Crippen molar-refractivity contribution in [1.82, 2.24) is 0 Å². The fourth-order valence-corrected chi connectivity index (χ4v) is 5.89. The van der Waals surface area contributed by atoms with Crippen molar-refractivity contribution in [2.75, 3.05) is 0 Å². The van der Waals surface area contributed by atoms with Gasteiger partial charge in [0.25, 0.3) is 0 Å². The zero-order valence-electron chi connectivity index (χ0n) is 12.0. The van der Waals surface area contributed by atoms with Gasteiger partial charge in [0.1, 0.15) is 0 Å². The summed E-state index contributed by atoms with van der Waals surface area (Å²) in [6.07, 6.45) is 5.42. The van der Waals surface area contributed by atoms with Crippen LogP contribution in [0.1, 0.15) is 44.6 Å². The Morgan fingerprint density at radius 3 is 2.65 bits per heavy atom. The van der Waals surface area contributed by atoms with Gasteiger partial charge >= 0.3 is 5.97 Å². The van der Waals surface area contributed by atoms with Crippen LogP contribution in [-0.2, 0) is 10.2 Å². The van der Waals surface area contributed by atoms with Gasteiger partial charge in [-0.15, -0.1) is 0 Å². The molecule has 5 unspecified atom stereocenters. The van der Waals surface area contributed by atoms with Crippen molar-refractivity contribution in [3.63, 3.8) is 0 Å². The van der Waals surface area contributed by atoms with E-state index in [-0.39, 0.29) is 5.41 Å². The Bertz CT molecular complexity index is 552. The smallest absolute Gasteiger partial charge is 0.309 e. The molecular weight excluding hydrogens is 248 g/mol. The van der Waals surface area contributed by atoms with Gasteiger partial charge in [-0.05, 0) is 60.8 Å². The van der Waals surface area contributed by atoms with E-state index in [0.717, 1.165) is 12.8 Å². The van der Waals surface area contributed by atoms with Crippen LogP contribution in [0.25, 0.3) is 0 Å². The highest BCUT2D eigenvalue weighted by molar-refractivity contribution is 5.76. The van der Waals surface area contributed by atoms with Crippen molar-refractivity contribution in [2.24, 2.45) is 23.2 Å². The van der Waals surface area contributed by atoms with Gasteiger partial charge in [-0.25, -0.2) is 0 Å². The standard InChI is InChI=1S/C18H22O2/c1-12-14-7-13-8-17(10-14,15-5-3-2-4-6-15)11-18(12,9-13)16(19)20/h2-6,12-14H,7-11H2,1H3,(H,19,20). The minimum atomic E-state index is -0.542. The van der Waals surface area contributed by atoms with E-state index in [1.807, 2.05) is 0 Å². The molecule has 1 N–H and O–H groups in total. The Hall–Kier alpha value is -1.31. The van der Waals surface area contributed by atoms with Crippen LogP contribution in [-0.4, -0.2) is 11.1 Å². The van der Waals surface area contributed by atoms with Gasteiger partial charge < -0.3 is 5.11 Å². The van der Waals surface area contributed by atoms with E-state index >= 15 is 0 Å². The fraction of sp³-hybridized carbons (Fsp3) is 0.611. The third-order valence-electron chi connectivity index (χ3n) is 6.67. The predicted molar refractivity (Wildman–Crippen MR) is 77.4 cm³/mol. The summed E-state index contributed by atoms with van der Waals surface area (Å²) in [6, 6.07) is 10.7. The molecule has 5 atom stereocenters. The van der Waals surface area contributed by atoms with Gasteiger partial charge in [0.05, 0.1) is 5.41 Å². The number of carboxylic acids is 1. The van der Waals surface area contributed by atoms with E-state index in [1.54, 1.807) is 0 Å². The molecule has 0 aliphatic heterocycles. The quantitative estimate of drug-likeness (QED) is 0.886. The first-order chi connectivity index (χ1) is 9.56. The molecule has 1 aromatic rings. The molecule has 4 aliphatic carbocycles. The first-order valence-corrected chi connectivity index (χ1v) is 7.85. The molecule has 0 heterocycles. The molecule has 2 heteroatoms. The van der Waals surface area contributed by atoms with E-state index in [0.29, 0.717) is 17.8 Å². The van der Waals surface area contributed by atoms with Crippen molar-refractivity contribution in [3.05, 3.63) is 35.9 Å². The highest BCUT2D eigenvalue weighted by atomic mass is 16.4. The highest BCUT2D eigenvalue weighted by Crippen LogP contribution is 2.67. The summed E-state index contributed by atoms with van der Waals surface area (Å²) in [5.74, 6) is 1.02. The van der Waals surface area contributed by atoms with Gasteiger partial charge in [-0.1, -0.05) is 37.3 Å². The lowest BCUT2D eigenvalue weighted by molar-refractivity contribution is -0.179. The summed E-state index contributed by atoms with van der Waals surface area (Å²) in [5, 5.41) is 9.91. The monoisotopic (exact) mass is 270 g/mol. The SMILES string of the molecule is CC1C2CC3CC(c4ccccc4)(C2)CC1(C(=O)O)C3. The lowest BCUT2D eigenvalue weighted by Crippen LogP contribution is -2.60. The Kier molecular flexibility index (Phi) is 2.40. The Balaban J connectivity index is 1.83. The number of carboxylic acid groups (broad SMARTS) is 1. The molecule has 4 aliphatic rings. The summed E-state index contributed by atoms with van der Waals surface area (Å²) in [5.41, 5.74) is 1.06. The predicted octanol–water partition coefficient (Wildman–Crippen LogP) is 3.86. The van der Waals surface area contributed by atoms with Gasteiger partial charge in [-0.3, -0.25) is 4.79 Å². The largest absolute Gasteiger partial charge is 0.481 e. The molecule has 2 nitrogen and oxygen atoms in total. The number of benzene rings is 1. The van der Waals surface area contributed by atoms with E-state index in [4.69, 9.17) is 0 Å². The molecule has 106 valence electrons. The van der Waals surface area contributed by atoms with Crippen LogP contribution >= 0.6 is 0 Å². The van der Waals surface area contributed by atoms with Gasteiger partial charge in [0.15, 0.2) is 0 Å². The second-order valence-electron chi connectivity index (χ2n) is 7.55.